The average molecular weight is 263 g/mol. The second kappa shape index (κ2) is 6.51. The lowest BCUT2D eigenvalue weighted by Crippen LogP contribution is -2.47. The summed E-state index contributed by atoms with van der Waals surface area (Å²) in [6.07, 6.45) is 0.171. The minimum absolute atomic E-state index is 0.222. The molecule has 1 aromatic rings. The molecule has 0 spiro atoms. The molecule has 106 valence electrons. The van der Waals surface area contributed by atoms with Crippen molar-refractivity contribution >= 4 is 0 Å². The lowest BCUT2D eigenvalue weighted by molar-refractivity contribution is -0.0754. The third-order valence-electron chi connectivity index (χ3n) is 3.72. The number of ether oxygens (including phenoxy) is 1. The molecule has 1 N–H and O–H groups in total. The van der Waals surface area contributed by atoms with Gasteiger partial charge in [-0.05, 0) is 25.3 Å². The van der Waals surface area contributed by atoms with E-state index in [4.69, 9.17) is 4.74 Å². The Bertz CT molecular complexity index is 372. The van der Waals surface area contributed by atoms with Crippen LogP contribution in [0.25, 0.3) is 0 Å². The molecule has 1 saturated heterocycles. The maximum atomic E-state index is 10.4. The molecule has 2 rings (SSSR count). The number of morpholine rings is 1. The number of nitrogens with zero attached hydrogens (tertiary/aromatic N) is 1. The highest BCUT2D eigenvalue weighted by molar-refractivity contribution is 5.17. The first-order chi connectivity index (χ1) is 9.06. The number of aliphatic hydroxyl groups is 1. The molecule has 3 heteroatoms. The lowest BCUT2D eigenvalue weighted by atomic mass is 9.96. The van der Waals surface area contributed by atoms with Crippen LogP contribution in [0, 0.1) is 5.92 Å². The zero-order valence-corrected chi connectivity index (χ0v) is 12.1. The van der Waals surface area contributed by atoms with E-state index in [-0.39, 0.29) is 18.1 Å². The van der Waals surface area contributed by atoms with Gasteiger partial charge in [0.25, 0.3) is 0 Å². The minimum Gasteiger partial charge on any atom is -0.388 e. The van der Waals surface area contributed by atoms with E-state index in [1.54, 1.807) is 0 Å². The minimum atomic E-state index is -0.394. The quantitative estimate of drug-likeness (QED) is 0.906. The van der Waals surface area contributed by atoms with Crippen LogP contribution in [0.2, 0.25) is 0 Å². The van der Waals surface area contributed by atoms with Crippen LogP contribution in [0.1, 0.15) is 32.4 Å². The van der Waals surface area contributed by atoms with Crippen molar-refractivity contribution in [2.45, 2.75) is 39.1 Å². The maximum Gasteiger partial charge on any atom is 0.0827 e. The van der Waals surface area contributed by atoms with Crippen molar-refractivity contribution in [2.75, 3.05) is 19.6 Å². The third-order valence-corrected chi connectivity index (χ3v) is 3.72. The molecule has 4 atom stereocenters. The standard InChI is InChI=1S/C16H25NO2/c1-12(16(18)15-7-5-4-6-8-15)9-17-10-13(2)19-14(3)11-17/h4-8,12-14,16,18H,9-11H2,1-3H3/t12?,13-,14+,16?. The van der Waals surface area contributed by atoms with E-state index in [1.165, 1.54) is 0 Å². The van der Waals surface area contributed by atoms with Crippen molar-refractivity contribution in [3.63, 3.8) is 0 Å². The van der Waals surface area contributed by atoms with Crippen LogP contribution in [-0.4, -0.2) is 41.8 Å². The predicted molar refractivity (Wildman–Crippen MR) is 77.0 cm³/mol. The largest absolute Gasteiger partial charge is 0.388 e. The van der Waals surface area contributed by atoms with Gasteiger partial charge in [-0.15, -0.1) is 0 Å². The summed E-state index contributed by atoms with van der Waals surface area (Å²) in [5.41, 5.74) is 1.00. The molecule has 0 aromatic heterocycles. The van der Waals surface area contributed by atoms with Crippen molar-refractivity contribution in [3.05, 3.63) is 35.9 Å². The van der Waals surface area contributed by atoms with E-state index >= 15 is 0 Å². The van der Waals surface area contributed by atoms with E-state index in [2.05, 4.69) is 25.7 Å². The smallest absolute Gasteiger partial charge is 0.0827 e. The molecule has 0 aliphatic carbocycles. The Balaban J connectivity index is 1.91. The molecule has 19 heavy (non-hydrogen) atoms. The molecular weight excluding hydrogens is 238 g/mol. The summed E-state index contributed by atoms with van der Waals surface area (Å²) in [5.74, 6) is 0.222. The Morgan fingerprint density at radius 2 is 1.79 bits per heavy atom. The summed E-state index contributed by atoms with van der Waals surface area (Å²) in [6.45, 7) is 9.16. The second-order valence-corrected chi connectivity index (χ2v) is 5.81. The zero-order valence-electron chi connectivity index (χ0n) is 12.1. The highest BCUT2D eigenvalue weighted by Crippen LogP contribution is 2.23. The molecule has 1 aliphatic heterocycles. The molecule has 1 fully saturated rings. The summed E-state index contributed by atoms with van der Waals surface area (Å²) in [4.78, 5) is 2.40. The van der Waals surface area contributed by atoms with Crippen molar-refractivity contribution < 1.29 is 9.84 Å². The van der Waals surface area contributed by atoms with E-state index in [1.807, 2.05) is 30.3 Å². The van der Waals surface area contributed by atoms with Crippen LogP contribution >= 0.6 is 0 Å². The normalized spacial score (nSPS) is 28.0. The van der Waals surface area contributed by atoms with Crippen molar-refractivity contribution in [3.8, 4) is 0 Å². The molecule has 0 saturated carbocycles. The molecule has 1 aromatic carbocycles. The Morgan fingerprint density at radius 3 is 2.37 bits per heavy atom. The summed E-state index contributed by atoms with van der Waals surface area (Å²) >= 11 is 0. The maximum absolute atomic E-state index is 10.4. The van der Waals surface area contributed by atoms with Gasteiger partial charge in [-0.2, -0.15) is 0 Å². The summed E-state index contributed by atoms with van der Waals surface area (Å²) in [6, 6.07) is 9.91. The number of aliphatic hydroxyl groups excluding tert-OH is 1. The average Bonchev–Trinajstić information content (AvgIpc) is 2.37. The van der Waals surface area contributed by atoms with Gasteiger partial charge >= 0.3 is 0 Å². The fourth-order valence-corrected chi connectivity index (χ4v) is 2.92. The first-order valence-electron chi connectivity index (χ1n) is 7.17. The molecule has 0 bridgehead atoms. The lowest BCUT2D eigenvalue weighted by Gasteiger charge is -2.37. The topological polar surface area (TPSA) is 32.7 Å². The number of benzene rings is 1. The predicted octanol–water partition coefficient (Wildman–Crippen LogP) is 2.47. The Kier molecular flexibility index (Phi) is 4.97. The van der Waals surface area contributed by atoms with E-state index in [0.29, 0.717) is 0 Å². The molecule has 0 amide bonds. The van der Waals surface area contributed by atoms with Crippen molar-refractivity contribution in [1.29, 1.82) is 0 Å². The number of rotatable bonds is 4. The fraction of sp³-hybridized carbons (Fsp3) is 0.625. The summed E-state index contributed by atoms with van der Waals surface area (Å²) < 4.78 is 5.74. The zero-order chi connectivity index (χ0) is 13.8. The van der Waals surface area contributed by atoms with Gasteiger partial charge in [0.05, 0.1) is 18.3 Å². The van der Waals surface area contributed by atoms with Gasteiger partial charge in [0.15, 0.2) is 0 Å². The van der Waals surface area contributed by atoms with Gasteiger partial charge in [-0.25, -0.2) is 0 Å². The fourth-order valence-electron chi connectivity index (χ4n) is 2.92. The van der Waals surface area contributed by atoms with E-state index in [0.717, 1.165) is 25.2 Å². The summed E-state index contributed by atoms with van der Waals surface area (Å²) in [7, 11) is 0. The molecule has 1 heterocycles. The highest BCUT2D eigenvalue weighted by atomic mass is 16.5. The van der Waals surface area contributed by atoms with Crippen LogP contribution < -0.4 is 0 Å². The highest BCUT2D eigenvalue weighted by Gasteiger charge is 2.25. The molecular formula is C16H25NO2. The van der Waals surface area contributed by atoms with Crippen molar-refractivity contribution in [1.82, 2.24) is 4.90 Å². The molecule has 0 radical (unpaired) electrons. The van der Waals surface area contributed by atoms with Crippen LogP contribution in [-0.2, 0) is 4.74 Å². The first kappa shape index (κ1) is 14.5. The Hall–Kier alpha value is -0.900. The van der Waals surface area contributed by atoms with Gasteiger partial charge in [-0.3, -0.25) is 4.90 Å². The van der Waals surface area contributed by atoms with Crippen LogP contribution in [0.4, 0.5) is 0 Å². The Morgan fingerprint density at radius 1 is 1.21 bits per heavy atom. The summed E-state index contributed by atoms with van der Waals surface area (Å²) in [5, 5.41) is 10.4. The van der Waals surface area contributed by atoms with E-state index < -0.39 is 6.10 Å². The van der Waals surface area contributed by atoms with Crippen LogP contribution in [0.3, 0.4) is 0 Å². The van der Waals surface area contributed by atoms with Crippen molar-refractivity contribution in [2.24, 2.45) is 5.92 Å². The number of hydrogen-bond acceptors (Lipinski definition) is 3. The monoisotopic (exact) mass is 263 g/mol. The van der Waals surface area contributed by atoms with Gasteiger partial charge < -0.3 is 9.84 Å². The number of hydrogen-bond donors (Lipinski definition) is 1. The first-order valence-corrected chi connectivity index (χ1v) is 7.17. The molecule has 2 unspecified atom stereocenters. The SMILES string of the molecule is CC(CN1C[C@@H](C)O[C@@H](C)C1)C(O)c1ccccc1. The van der Waals surface area contributed by atoms with Gasteiger partial charge in [-0.1, -0.05) is 37.3 Å². The third kappa shape index (κ3) is 4.03. The van der Waals surface area contributed by atoms with Gasteiger partial charge in [0, 0.05) is 19.6 Å². The molecule has 3 nitrogen and oxygen atoms in total. The molecule has 1 aliphatic rings. The Labute approximate surface area is 116 Å². The second-order valence-electron chi connectivity index (χ2n) is 5.81. The van der Waals surface area contributed by atoms with Gasteiger partial charge in [0.1, 0.15) is 0 Å². The van der Waals surface area contributed by atoms with E-state index in [9.17, 15) is 5.11 Å². The van der Waals surface area contributed by atoms with Crippen LogP contribution in [0.5, 0.6) is 0 Å². The van der Waals surface area contributed by atoms with Crippen LogP contribution in [0.15, 0.2) is 30.3 Å². The van der Waals surface area contributed by atoms with Gasteiger partial charge in [0.2, 0.25) is 0 Å².